The van der Waals surface area contributed by atoms with Crippen molar-refractivity contribution >= 4 is 0 Å². The average Bonchev–Trinajstić information content (AvgIpc) is 2.96. The molecule has 0 N–H and O–H groups in total. The van der Waals surface area contributed by atoms with Crippen LogP contribution >= 0.6 is 0 Å². The lowest BCUT2D eigenvalue weighted by Gasteiger charge is -2.33. The van der Waals surface area contributed by atoms with E-state index in [0.29, 0.717) is 6.04 Å². The Morgan fingerprint density at radius 1 is 1.27 bits per heavy atom. The van der Waals surface area contributed by atoms with Gasteiger partial charge in [0.25, 0.3) is 0 Å². The molecule has 1 atom stereocenters. The molecule has 0 aromatic carbocycles. The van der Waals surface area contributed by atoms with Gasteiger partial charge in [-0.05, 0) is 33.6 Å². The fourth-order valence-electron chi connectivity index (χ4n) is 2.18. The van der Waals surface area contributed by atoms with Crippen molar-refractivity contribution < 1.29 is 9.47 Å². The summed E-state index contributed by atoms with van der Waals surface area (Å²) < 4.78 is 11.6. The average molecular weight is 213 g/mol. The van der Waals surface area contributed by atoms with Gasteiger partial charge in [-0.2, -0.15) is 0 Å². The van der Waals surface area contributed by atoms with E-state index in [9.17, 15) is 0 Å². The fourth-order valence-corrected chi connectivity index (χ4v) is 2.18. The van der Waals surface area contributed by atoms with Crippen molar-refractivity contribution in [2.24, 2.45) is 0 Å². The van der Waals surface area contributed by atoms with Crippen molar-refractivity contribution in [3.63, 3.8) is 0 Å². The van der Waals surface area contributed by atoms with Gasteiger partial charge in [0.2, 0.25) is 0 Å². The molecule has 1 heterocycles. The summed E-state index contributed by atoms with van der Waals surface area (Å²) in [5.41, 5.74) is 0.0247. The molecule has 0 amide bonds. The van der Waals surface area contributed by atoms with Gasteiger partial charge in [0, 0.05) is 26.2 Å². The van der Waals surface area contributed by atoms with Gasteiger partial charge in [-0.15, -0.1) is 0 Å². The molecule has 0 aromatic heterocycles. The van der Waals surface area contributed by atoms with E-state index in [2.05, 4.69) is 25.7 Å². The zero-order valence-electron chi connectivity index (χ0n) is 10.4. The maximum absolute atomic E-state index is 6.02. The Labute approximate surface area is 92.7 Å². The molecule has 3 heteroatoms. The SMILES string of the molecule is CO[C@]1(C)COC2(CC2)CN(C(C)C)C1. The molecule has 3 nitrogen and oxygen atoms in total. The third kappa shape index (κ3) is 2.35. The molecule has 0 unspecified atom stereocenters. The molecule has 1 aliphatic carbocycles. The number of methoxy groups -OCH3 is 1. The number of rotatable bonds is 2. The maximum Gasteiger partial charge on any atom is 0.101 e. The Morgan fingerprint density at radius 3 is 2.40 bits per heavy atom. The largest absolute Gasteiger partial charge is 0.375 e. The summed E-state index contributed by atoms with van der Waals surface area (Å²) in [5.74, 6) is 0. The van der Waals surface area contributed by atoms with Crippen molar-refractivity contribution in [2.75, 3.05) is 26.8 Å². The minimum Gasteiger partial charge on any atom is -0.375 e. The van der Waals surface area contributed by atoms with Crippen LogP contribution in [0.5, 0.6) is 0 Å². The summed E-state index contributed by atoms with van der Waals surface area (Å²) in [5, 5.41) is 0. The molecule has 88 valence electrons. The van der Waals surface area contributed by atoms with E-state index in [1.807, 2.05) is 0 Å². The first-order valence-corrected chi connectivity index (χ1v) is 5.92. The van der Waals surface area contributed by atoms with Crippen molar-refractivity contribution in [3.05, 3.63) is 0 Å². The predicted molar refractivity (Wildman–Crippen MR) is 60.0 cm³/mol. The molecule has 1 aliphatic heterocycles. The molecule has 0 bridgehead atoms. The van der Waals surface area contributed by atoms with Gasteiger partial charge in [0.15, 0.2) is 0 Å². The van der Waals surface area contributed by atoms with Gasteiger partial charge in [-0.25, -0.2) is 0 Å². The van der Waals surface area contributed by atoms with Crippen LogP contribution < -0.4 is 0 Å². The molecule has 0 aromatic rings. The molecule has 0 radical (unpaired) electrons. The summed E-state index contributed by atoms with van der Waals surface area (Å²) in [4.78, 5) is 2.49. The highest BCUT2D eigenvalue weighted by atomic mass is 16.6. The number of ether oxygens (including phenoxy) is 2. The highest BCUT2D eigenvalue weighted by Gasteiger charge is 2.50. The van der Waals surface area contributed by atoms with Crippen molar-refractivity contribution in [1.82, 2.24) is 4.90 Å². The summed E-state index contributed by atoms with van der Waals surface area (Å²) in [6.45, 7) is 9.41. The Morgan fingerprint density at radius 2 is 1.93 bits per heavy atom. The highest BCUT2D eigenvalue weighted by Crippen LogP contribution is 2.43. The Bertz CT molecular complexity index is 238. The topological polar surface area (TPSA) is 21.7 Å². The van der Waals surface area contributed by atoms with Crippen molar-refractivity contribution in [1.29, 1.82) is 0 Å². The molecule has 2 fully saturated rings. The van der Waals surface area contributed by atoms with Crippen LogP contribution in [0.4, 0.5) is 0 Å². The summed E-state index contributed by atoms with van der Waals surface area (Å²) in [7, 11) is 1.78. The van der Waals surface area contributed by atoms with E-state index >= 15 is 0 Å². The zero-order chi connectivity index (χ0) is 11.1. The Kier molecular flexibility index (Phi) is 2.82. The zero-order valence-corrected chi connectivity index (χ0v) is 10.4. The van der Waals surface area contributed by atoms with E-state index < -0.39 is 0 Å². The predicted octanol–water partition coefficient (Wildman–Crippen LogP) is 1.66. The van der Waals surface area contributed by atoms with Gasteiger partial charge in [-0.3, -0.25) is 4.90 Å². The maximum atomic E-state index is 6.02. The monoisotopic (exact) mass is 213 g/mol. The van der Waals surface area contributed by atoms with Crippen LogP contribution in [0.25, 0.3) is 0 Å². The second kappa shape index (κ2) is 3.72. The van der Waals surface area contributed by atoms with E-state index in [0.717, 1.165) is 19.7 Å². The summed E-state index contributed by atoms with van der Waals surface area (Å²) in [6, 6.07) is 0.568. The lowest BCUT2D eigenvalue weighted by atomic mass is 10.1. The normalized spacial score (nSPS) is 35.8. The van der Waals surface area contributed by atoms with Crippen molar-refractivity contribution in [2.45, 2.75) is 50.9 Å². The van der Waals surface area contributed by atoms with Crippen LogP contribution in [0.1, 0.15) is 33.6 Å². The van der Waals surface area contributed by atoms with Crippen LogP contribution in [0.2, 0.25) is 0 Å². The molecule has 1 saturated carbocycles. The van der Waals surface area contributed by atoms with E-state index in [1.54, 1.807) is 7.11 Å². The molecular formula is C12H23NO2. The molecule has 1 spiro atoms. The molecule has 15 heavy (non-hydrogen) atoms. The summed E-state index contributed by atoms with van der Waals surface area (Å²) >= 11 is 0. The van der Waals surface area contributed by atoms with Crippen LogP contribution in [0.3, 0.4) is 0 Å². The van der Waals surface area contributed by atoms with E-state index in [-0.39, 0.29) is 11.2 Å². The first-order chi connectivity index (χ1) is 6.99. The fraction of sp³-hybridized carbons (Fsp3) is 1.00. The first kappa shape index (κ1) is 11.4. The highest BCUT2D eigenvalue weighted by molar-refractivity contribution is 5.02. The summed E-state index contributed by atoms with van der Waals surface area (Å²) in [6.07, 6.45) is 2.44. The third-order valence-corrected chi connectivity index (χ3v) is 3.74. The smallest absolute Gasteiger partial charge is 0.101 e. The van der Waals surface area contributed by atoms with Crippen molar-refractivity contribution in [3.8, 4) is 0 Å². The minimum absolute atomic E-state index is 0.143. The van der Waals surface area contributed by atoms with E-state index in [1.165, 1.54) is 12.8 Å². The Balaban J connectivity index is 2.10. The minimum atomic E-state index is -0.143. The molecule has 2 rings (SSSR count). The second-order valence-electron chi connectivity index (χ2n) is 5.62. The molecule has 1 saturated heterocycles. The quantitative estimate of drug-likeness (QED) is 0.696. The van der Waals surface area contributed by atoms with Crippen LogP contribution in [-0.2, 0) is 9.47 Å². The number of hydrogen-bond donors (Lipinski definition) is 0. The Hall–Kier alpha value is -0.120. The van der Waals surface area contributed by atoms with Gasteiger partial charge < -0.3 is 9.47 Å². The second-order valence-corrected chi connectivity index (χ2v) is 5.62. The lowest BCUT2D eigenvalue weighted by Crippen LogP contribution is -2.46. The lowest BCUT2D eigenvalue weighted by molar-refractivity contribution is -0.0749. The first-order valence-electron chi connectivity index (χ1n) is 5.92. The van der Waals surface area contributed by atoms with E-state index in [4.69, 9.17) is 9.47 Å². The van der Waals surface area contributed by atoms with Gasteiger partial charge in [-0.1, -0.05) is 0 Å². The van der Waals surface area contributed by atoms with Crippen LogP contribution in [0.15, 0.2) is 0 Å². The van der Waals surface area contributed by atoms with Gasteiger partial charge in [0.05, 0.1) is 12.2 Å². The van der Waals surface area contributed by atoms with Crippen LogP contribution in [0, 0.1) is 0 Å². The molecular weight excluding hydrogens is 190 g/mol. The standard InChI is InChI=1S/C12H23NO2/c1-10(2)13-7-11(3,14-4)9-15-12(8-13)5-6-12/h10H,5-9H2,1-4H3/t11-/m0/s1. The van der Waals surface area contributed by atoms with Crippen LogP contribution in [-0.4, -0.2) is 49.0 Å². The van der Waals surface area contributed by atoms with Gasteiger partial charge >= 0.3 is 0 Å². The number of nitrogens with zero attached hydrogens (tertiary/aromatic N) is 1. The third-order valence-electron chi connectivity index (χ3n) is 3.74. The molecule has 2 aliphatic rings. The number of hydrogen-bond acceptors (Lipinski definition) is 3. The van der Waals surface area contributed by atoms with Gasteiger partial charge in [0.1, 0.15) is 5.60 Å².